The highest BCUT2D eigenvalue weighted by atomic mass is 31.2. The van der Waals surface area contributed by atoms with Crippen molar-refractivity contribution < 1.29 is 28.6 Å². The third kappa shape index (κ3) is 8.57. The fraction of sp³-hybridized carbons (Fsp3) is 0.385. The zero-order valence-corrected chi connectivity index (χ0v) is 13.7. The lowest BCUT2D eigenvalue weighted by Crippen LogP contribution is -2.15. The van der Waals surface area contributed by atoms with Crippen LogP contribution in [-0.4, -0.2) is 25.9 Å². The van der Waals surface area contributed by atoms with Gasteiger partial charge in [0.1, 0.15) is 0 Å². The molecule has 0 amide bonds. The van der Waals surface area contributed by atoms with Crippen molar-refractivity contribution in [2.24, 2.45) is 0 Å². The monoisotopic (exact) mass is 334 g/mol. The van der Waals surface area contributed by atoms with Crippen LogP contribution >= 0.6 is 17.2 Å². The van der Waals surface area contributed by atoms with Gasteiger partial charge in [0.15, 0.2) is 6.29 Å². The highest BCUT2D eigenvalue weighted by molar-refractivity contribution is 7.40. The van der Waals surface area contributed by atoms with Crippen molar-refractivity contribution in [2.45, 2.75) is 33.0 Å². The normalized spacial score (nSPS) is 11.5. The van der Waals surface area contributed by atoms with Crippen LogP contribution in [0.5, 0.6) is 0 Å². The summed E-state index contributed by atoms with van der Waals surface area (Å²) in [5.41, 5.74) is 3.23. The molecular formula is C13H20O6P2. The number of hydrogen-bond acceptors (Lipinski definition) is 6. The molecule has 0 heterocycles. The Balaban J connectivity index is 2.64. The quantitative estimate of drug-likeness (QED) is 0.331. The van der Waals surface area contributed by atoms with Crippen LogP contribution in [0.15, 0.2) is 35.9 Å². The van der Waals surface area contributed by atoms with E-state index in [1.54, 1.807) is 0 Å². The van der Waals surface area contributed by atoms with Crippen molar-refractivity contribution in [2.75, 3.05) is 0 Å². The minimum absolute atomic E-state index is 0.183. The molecule has 1 rings (SSSR count). The second kappa shape index (κ2) is 9.57. The van der Waals surface area contributed by atoms with E-state index in [9.17, 15) is 0 Å². The molecule has 1 aromatic carbocycles. The maximum atomic E-state index is 8.84. The third-order valence-electron chi connectivity index (χ3n) is 2.60. The molecule has 0 unspecified atom stereocenters. The first-order valence-corrected chi connectivity index (χ1v) is 8.60. The van der Waals surface area contributed by atoms with E-state index in [4.69, 9.17) is 28.6 Å². The maximum absolute atomic E-state index is 8.84. The van der Waals surface area contributed by atoms with Gasteiger partial charge in [-0.2, -0.15) is 0 Å². The summed E-state index contributed by atoms with van der Waals surface area (Å²) in [6.07, 6.45) is 2.04. The highest BCUT2D eigenvalue weighted by Crippen LogP contribution is 2.35. The Morgan fingerprint density at radius 2 is 1.48 bits per heavy atom. The molecule has 6 nitrogen and oxygen atoms in total. The van der Waals surface area contributed by atoms with Gasteiger partial charge in [-0.15, -0.1) is 0 Å². The molecule has 0 bridgehead atoms. The Hall–Kier alpha value is -0.420. The van der Waals surface area contributed by atoms with Crippen LogP contribution < -0.4 is 0 Å². The Morgan fingerprint density at radius 1 is 1.00 bits per heavy atom. The average molecular weight is 334 g/mol. The summed E-state index contributed by atoms with van der Waals surface area (Å²) in [7, 11) is -5.26. The Kier molecular flexibility index (Phi) is 8.49. The number of hydrogen-bond donors (Lipinski definition) is 4. The zero-order chi connectivity index (χ0) is 15.8. The first-order chi connectivity index (χ1) is 9.86. The van der Waals surface area contributed by atoms with E-state index in [1.165, 1.54) is 5.57 Å². The molecule has 118 valence electrons. The minimum Gasteiger partial charge on any atom is -0.328 e. The van der Waals surface area contributed by atoms with Crippen LogP contribution in [0.3, 0.4) is 0 Å². The van der Waals surface area contributed by atoms with E-state index in [0.717, 1.165) is 17.5 Å². The Labute approximate surface area is 126 Å². The lowest BCUT2D eigenvalue weighted by molar-refractivity contribution is -0.00948. The lowest BCUT2D eigenvalue weighted by atomic mass is 10.1. The second-order valence-electron chi connectivity index (χ2n) is 4.65. The van der Waals surface area contributed by atoms with Crippen LogP contribution in [0.1, 0.15) is 25.0 Å². The van der Waals surface area contributed by atoms with Crippen LogP contribution in [0.2, 0.25) is 0 Å². The first-order valence-electron chi connectivity index (χ1n) is 6.27. The van der Waals surface area contributed by atoms with Crippen molar-refractivity contribution in [1.29, 1.82) is 0 Å². The van der Waals surface area contributed by atoms with Crippen LogP contribution in [0.25, 0.3) is 0 Å². The van der Waals surface area contributed by atoms with Gasteiger partial charge >= 0.3 is 17.2 Å². The van der Waals surface area contributed by atoms with Gasteiger partial charge in [-0.25, -0.2) is 0 Å². The van der Waals surface area contributed by atoms with Gasteiger partial charge in [0.25, 0.3) is 0 Å². The average Bonchev–Trinajstić information content (AvgIpc) is 2.36. The summed E-state index contributed by atoms with van der Waals surface area (Å²) < 4.78 is 9.43. The lowest BCUT2D eigenvalue weighted by Gasteiger charge is -2.18. The van der Waals surface area contributed by atoms with Crippen molar-refractivity contribution in [3.05, 3.63) is 47.0 Å². The maximum Gasteiger partial charge on any atom is 0.329 e. The van der Waals surface area contributed by atoms with Crippen LogP contribution in [-0.2, 0) is 21.9 Å². The first kappa shape index (κ1) is 18.6. The molecule has 0 spiro atoms. The second-order valence-corrected chi connectivity index (χ2v) is 6.08. The summed E-state index contributed by atoms with van der Waals surface area (Å²) in [6.45, 7) is 4.08. The number of allylic oxidation sites excluding steroid dienone is 2. The minimum atomic E-state index is -2.63. The smallest absolute Gasteiger partial charge is 0.328 e. The van der Waals surface area contributed by atoms with Crippen molar-refractivity contribution in [3.8, 4) is 0 Å². The van der Waals surface area contributed by atoms with Gasteiger partial charge in [-0.05, 0) is 31.4 Å². The van der Waals surface area contributed by atoms with Gasteiger partial charge < -0.3 is 19.6 Å². The van der Waals surface area contributed by atoms with Gasteiger partial charge in [0.05, 0.1) is 0 Å². The molecule has 0 aromatic heterocycles. The summed E-state index contributed by atoms with van der Waals surface area (Å²) in [6, 6.07) is 7.63. The molecule has 0 fully saturated rings. The summed E-state index contributed by atoms with van der Waals surface area (Å²) in [5, 5.41) is 0. The molecular weight excluding hydrogens is 314 g/mol. The van der Waals surface area contributed by atoms with Gasteiger partial charge in [-0.3, -0.25) is 9.05 Å². The van der Waals surface area contributed by atoms with E-state index in [2.05, 4.69) is 6.08 Å². The zero-order valence-electron chi connectivity index (χ0n) is 11.9. The van der Waals surface area contributed by atoms with E-state index >= 15 is 0 Å². The van der Waals surface area contributed by atoms with E-state index in [0.29, 0.717) is 0 Å². The predicted octanol–water partition coefficient (Wildman–Crippen LogP) is 2.52. The van der Waals surface area contributed by atoms with E-state index in [-0.39, 0.29) is 6.42 Å². The molecule has 0 aliphatic heterocycles. The molecule has 21 heavy (non-hydrogen) atoms. The van der Waals surface area contributed by atoms with Crippen molar-refractivity contribution in [1.82, 2.24) is 0 Å². The van der Waals surface area contributed by atoms with Crippen molar-refractivity contribution in [3.63, 3.8) is 0 Å². The Bertz CT molecular complexity index is 432. The molecule has 0 aliphatic rings. The van der Waals surface area contributed by atoms with Crippen LogP contribution in [0.4, 0.5) is 0 Å². The largest absolute Gasteiger partial charge is 0.329 e. The molecule has 8 heteroatoms. The summed E-state index contributed by atoms with van der Waals surface area (Å²) in [4.78, 5) is 35.3. The summed E-state index contributed by atoms with van der Waals surface area (Å²) >= 11 is 0. The molecule has 0 aliphatic carbocycles. The molecule has 0 saturated carbocycles. The van der Waals surface area contributed by atoms with Crippen LogP contribution in [0, 0.1) is 0 Å². The fourth-order valence-corrected chi connectivity index (χ4v) is 2.35. The standard InChI is InChI=1S/C13H20O6P2/c1-10(2)3-4-11-5-7-12(8-6-11)9-13(18-20(14)15)19-21(16)17/h3,5-8,13-17H,4,9H2,1-2H3. The van der Waals surface area contributed by atoms with Crippen molar-refractivity contribution >= 4 is 17.2 Å². The fourth-order valence-electron chi connectivity index (χ4n) is 1.63. The molecule has 0 radical (unpaired) electrons. The highest BCUT2D eigenvalue weighted by Gasteiger charge is 2.19. The molecule has 4 N–H and O–H groups in total. The topological polar surface area (TPSA) is 99.4 Å². The number of rotatable bonds is 8. The van der Waals surface area contributed by atoms with E-state index < -0.39 is 23.5 Å². The number of benzene rings is 1. The van der Waals surface area contributed by atoms with Gasteiger partial charge in [0, 0.05) is 6.42 Å². The predicted molar refractivity (Wildman–Crippen MR) is 82.0 cm³/mol. The molecule has 1 aromatic rings. The Morgan fingerprint density at radius 3 is 1.90 bits per heavy atom. The molecule has 0 saturated heterocycles. The van der Waals surface area contributed by atoms with E-state index in [1.807, 2.05) is 38.1 Å². The summed E-state index contributed by atoms with van der Waals surface area (Å²) in [5.74, 6) is 0. The third-order valence-corrected chi connectivity index (χ3v) is 3.44. The molecule has 0 atom stereocenters. The SMILES string of the molecule is CC(C)=CCc1ccc(CC(OP(O)O)OP(O)O)cc1. The van der Waals surface area contributed by atoms with Gasteiger partial charge in [-0.1, -0.05) is 35.9 Å². The van der Waals surface area contributed by atoms with Gasteiger partial charge in [0.2, 0.25) is 0 Å².